The van der Waals surface area contributed by atoms with Crippen LogP contribution in [0.5, 0.6) is 11.5 Å². The molecule has 1 atom stereocenters. The number of hydrogen-bond acceptors (Lipinski definition) is 5. The number of anilines is 1. The molecule has 1 saturated heterocycles. The van der Waals surface area contributed by atoms with Crippen molar-refractivity contribution in [2.75, 3.05) is 38.7 Å². The Morgan fingerprint density at radius 1 is 1.00 bits per heavy atom. The topological polar surface area (TPSA) is 37.0 Å². The van der Waals surface area contributed by atoms with E-state index in [-0.39, 0.29) is 0 Å². The molecule has 5 nitrogen and oxygen atoms in total. The Morgan fingerprint density at radius 3 is 2.52 bits per heavy atom. The Labute approximate surface area is 174 Å². The minimum absolute atomic E-state index is 0.325. The Morgan fingerprint density at radius 2 is 1.79 bits per heavy atom. The summed E-state index contributed by atoms with van der Waals surface area (Å²) in [4.78, 5) is 2.47. The van der Waals surface area contributed by atoms with Gasteiger partial charge in [-0.1, -0.05) is 30.3 Å². The van der Waals surface area contributed by atoms with Gasteiger partial charge in [0.25, 0.3) is 0 Å². The number of benzene rings is 2. The van der Waals surface area contributed by atoms with Crippen molar-refractivity contribution in [1.82, 2.24) is 10.4 Å². The average molecular weight is 396 g/mol. The SMILES string of the molecule is CNN1CCN(c2ccc(OC)c(OC3CCCC3)c2)CC1Cc1ccccc1. The molecule has 1 aliphatic carbocycles. The molecule has 1 aliphatic heterocycles. The summed E-state index contributed by atoms with van der Waals surface area (Å²) < 4.78 is 11.9. The van der Waals surface area contributed by atoms with Crippen molar-refractivity contribution in [3.63, 3.8) is 0 Å². The number of nitrogens with zero attached hydrogens (tertiary/aromatic N) is 2. The molecule has 0 radical (unpaired) electrons. The van der Waals surface area contributed by atoms with E-state index in [1.54, 1.807) is 7.11 Å². The lowest BCUT2D eigenvalue weighted by atomic mass is 10.0. The first-order valence-corrected chi connectivity index (χ1v) is 10.8. The summed E-state index contributed by atoms with van der Waals surface area (Å²) in [6.45, 7) is 2.95. The molecule has 5 heteroatoms. The van der Waals surface area contributed by atoms with Crippen molar-refractivity contribution in [3.05, 3.63) is 54.1 Å². The molecule has 1 unspecified atom stereocenters. The monoisotopic (exact) mass is 395 g/mol. The maximum Gasteiger partial charge on any atom is 0.163 e. The standard InChI is InChI=1S/C24H33N3O2/c1-25-27-15-14-26(18-21(27)16-19-8-4-3-5-9-19)20-12-13-23(28-2)24(17-20)29-22-10-6-7-11-22/h3-5,8-9,12-13,17,21-22,25H,6-7,10-11,14-16,18H2,1-2H3. The molecule has 1 heterocycles. The van der Waals surface area contributed by atoms with E-state index < -0.39 is 0 Å². The van der Waals surface area contributed by atoms with Gasteiger partial charge in [-0.25, -0.2) is 5.01 Å². The van der Waals surface area contributed by atoms with Gasteiger partial charge in [-0.2, -0.15) is 0 Å². The van der Waals surface area contributed by atoms with Gasteiger partial charge in [0.1, 0.15) is 0 Å². The van der Waals surface area contributed by atoms with Gasteiger partial charge in [-0.3, -0.25) is 5.43 Å². The van der Waals surface area contributed by atoms with Crippen LogP contribution in [0.15, 0.2) is 48.5 Å². The second-order valence-electron chi connectivity index (χ2n) is 8.07. The van der Waals surface area contributed by atoms with Crippen molar-refractivity contribution in [3.8, 4) is 11.5 Å². The smallest absolute Gasteiger partial charge is 0.163 e. The number of hydrogen-bond donors (Lipinski definition) is 1. The highest BCUT2D eigenvalue weighted by Gasteiger charge is 2.27. The van der Waals surface area contributed by atoms with Crippen molar-refractivity contribution in [1.29, 1.82) is 0 Å². The first-order valence-electron chi connectivity index (χ1n) is 10.8. The molecule has 0 bridgehead atoms. The van der Waals surface area contributed by atoms with Gasteiger partial charge < -0.3 is 14.4 Å². The lowest BCUT2D eigenvalue weighted by molar-refractivity contribution is 0.122. The van der Waals surface area contributed by atoms with Crippen LogP contribution >= 0.6 is 0 Å². The molecular formula is C24H33N3O2. The molecule has 29 heavy (non-hydrogen) atoms. The average Bonchev–Trinajstić information content (AvgIpc) is 3.27. The quantitative estimate of drug-likeness (QED) is 0.770. The van der Waals surface area contributed by atoms with E-state index in [0.29, 0.717) is 12.1 Å². The third-order valence-corrected chi connectivity index (χ3v) is 6.19. The van der Waals surface area contributed by atoms with Gasteiger partial charge in [0.2, 0.25) is 0 Å². The Balaban J connectivity index is 1.50. The van der Waals surface area contributed by atoms with Gasteiger partial charge in [-0.05, 0) is 56.8 Å². The van der Waals surface area contributed by atoms with Gasteiger partial charge in [-0.15, -0.1) is 0 Å². The van der Waals surface area contributed by atoms with Crippen LogP contribution in [-0.4, -0.2) is 50.9 Å². The second kappa shape index (κ2) is 9.51. The predicted molar refractivity (Wildman–Crippen MR) is 118 cm³/mol. The third kappa shape index (κ3) is 4.85. The van der Waals surface area contributed by atoms with Crippen LogP contribution in [0, 0.1) is 0 Å². The lowest BCUT2D eigenvalue weighted by Gasteiger charge is -2.42. The number of hydrazine groups is 1. The molecule has 4 rings (SSSR count). The first kappa shape index (κ1) is 20.0. The van der Waals surface area contributed by atoms with Crippen LogP contribution in [0.4, 0.5) is 5.69 Å². The summed E-state index contributed by atoms with van der Waals surface area (Å²) in [5, 5.41) is 2.36. The fourth-order valence-electron chi connectivity index (χ4n) is 4.59. The normalized spacial score (nSPS) is 20.8. The largest absolute Gasteiger partial charge is 0.493 e. The first-order chi connectivity index (χ1) is 14.3. The second-order valence-corrected chi connectivity index (χ2v) is 8.07. The van der Waals surface area contributed by atoms with E-state index in [1.807, 2.05) is 7.05 Å². The Kier molecular flexibility index (Phi) is 6.57. The minimum Gasteiger partial charge on any atom is -0.493 e. The van der Waals surface area contributed by atoms with Gasteiger partial charge in [0, 0.05) is 37.4 Å². The molecule has 0 spiro atoms. The van der Waals surface area contributed by atoms with E-state index in [9.17, 15) is 0 Å². The number of nitrogens with one attached hydrogen (secondary N) is 1. The number of piperazine rings is 1. The van der Waals surface area contributed by atoms with Crippen LogP contribution in [-0.2, 0) is 6.42 Å². The highest BCUT2D eigenvalue weighted by atomic mass is 16.5. The summed E-state index contributed by atoms with van der Waals surface area (Å²) in [7, 11) is 3.74. The molecule has 0 aromatic heterocycles. The molecule has 2 aliphatic rings. The van der Waals surface area contributed by atoms with Crippen molar-refractivity contribution in [2.45, 2.75) is 44.2 Å². The van der Waals surface area contributed by atoms with Crippen LogP contribution in [0.25, 0.3) is 0 Å². The molecule has 2 fully saturated rings. The molecule has 1 N–H and O–H groups in total. The fraction of sp³-hybridized carbons (Fsp3) is 0.500. The molecule has 2 aromatic carbocycles. The molecule has 2 aromatic rings. The molecule has 156 valence electrons. The van der Waals surface area contributed by atoms with Gasteiger partial charge >= 0.3 is 0 Å². The lowest BCUT2D eigenvalue weighted by Crippen LogP contribution is -2.58. The zero-order valence-corrected chi connectivity index (χ0v) is 17.6. The summed E-state index contributed by atoms with van der Waals surface area (Å²) >= 11 is 0. The predicted octanol–water partition coefficient (Wildman–Crippen LogP) is 3.88. The summed E-state index contributed by atoms with van der Waals surface area (Å²) in [6, 6.07) is 17.6. The summed E-state index contributed by atoms with van der Waals surface area (Å²) in [5.41, 5.74) is 5.98. The fourth-order valence-corrected chi connectivity index (χ4v) is 4.59. The Hall–Kier alpha value is -2.24. The van der Waals surface area contributed by atoms with E-state index in [0.717, 1.165) is 50.4 Å². The van der Waals surface area contributed by atoms with Crippen LogP contribution in [0.1, 0.15) is 31.2 Å². The molecule has 0 amide bonds. The number of rotatable bonds is 7. The van der Waals surface area contributed by atoms with E-state index >= 15 is 0 Å². The van der Waals surface area contributed by atoms with Gasteiger partial charge in [0.05, 0.1) is 13.2 Å². The van der Waals surface area contributed by atoms with Crippen molar-refractivity contribution < 1.29 is 9.47 Å². The summed E-state index contributed by atoms with van der Waals surface area (Å²) in [6.07, 6.45) is 6.17. The zero-order chi connectivity index (χ0) is 20.1. The van der Waals surface area contributed by atoms with Gasteiger partial charge in [0.15, 0.2) is 11.5 Å². The zero-order valence-electron chi connectivity index (χ0n) is 17.6. The van der Waals surface area contributed by atoms with Crippen LogP contribution < -0.4 is 19.8 Å². The van der Waals surface area contributed by atoms with Crippen LogP contribution in [0.2, 0.25) is 0 Å². The van der Waals surface area contributed by atoms with E-state index in [2.05, 4.69) is 63.9 Å². The minimum atomic E-state index is 0.325. The Bertz CT molecular complexity index is 777. The molecular weight excluding hydrogens is 362 g/mol. The highest BCUT2D eigenvalue weighted by Crippen LogP contribution is 2.35. The maximum atomic E-state index is 6.32. The number of ether oxygens (including phenoxy) is 2. The third-order valence-electron chi connectivity index (χ3n) is 6.19. The number of methoxy groups -OCH3 is 1. The molecule has 1 saturated carbocycles. The van der Waals surface area contributed by atoms with E-state index in [4.69, 9.17) is 9.47 Å². The van der Waals surface area contributed by atoms with Crippen molar-refractivity contribution >= 4 is 5.69 Å². The van der Waals surface area contributed by atoms with Crippen LogP contribution in [0.3, 0.4) is 0 Å². The maximum absolute atomic E-state index is 6.32. The summed E-state index contributed by atoms with van der Waals surface area (Å²) in [5.74, 6) is 1.71. The highest BCUT2D eigenvalue weighted by molar-refractivity contribution is 5.57. The van der Waals surface area contributed by atoms with E-state index in [1.165, 1.54) is 24.1 Å². The van der Waals surface area contributed by atoms with Crippen molar-refractivity contribution in [2.24, 2.45) is 0 Å².